The molecule has 1 N–H and O–H groups in total. The summed E-state index contributed by atoms with van der Waals surface area (Å²) >= 11 is 0. The molecule has 0 spiro atoms. The molecule has 0 saturated heterocycles. The normalized spacial score (nSPS) is 9.33. The van der Waals surface area contributed by atoms with Crippen molar-refractivity contribution in [2.75, 3.05) is 28.2 Å². The van der Waals surface area contributed by atoms with Gasteiger partial charge in [-0.2, -0.15) is 0 Å². The van der Waals surface area contributed by atoms with E-state index in [9.17, 15) is 0 Å². The maximum atomic E-state index is 3.03. The third-order valence-corrected chi connectivity index (χ3v) is 0.577. The van der Waals surface area contributed by atoms with E-state index in [1.807, 2.05) is 33.1 Å². The molecule has 0 unspecified atom stereocenters. The van der Waals surface area contributed by atoms with Crippen LogP contribution >= 0.6 is 0 Å². The summed E-state index contributed by atoms with van der Waals surface area (Å²) in [6.07, 6.45) is 0. The van der Waals surface area contributed by atoms with Crippen LogP contribution in [0.2, 0.25) is 0 Å². The van der Waals surface area contributed by atoms with Gasteiger partial charge in [-0.15, -0.1) is 0 Å². The lowest BCUT2D eigenvalue weighted by Gasteiger charge is -1.95. The third kappa shape index (κ3) is 75.3. The van der Waals surface area contributed by atoms with Crippen LogP contribution in [0.1, 0.15) is 13.8 Å². The molecule has 0 aliphatic rings. The lowest BCUT2D eigenvalue weighted by Crippen LogP contribution is -2.15. The first-order chi connectivity index (χ1) is 4.00. The molecule has 0 fully saturated rings. The van der Waals surface area contributed by atoms with Gasteiger partial charge in [0.25, 0.3) is 0 Å². The number of hydrogen-bond acceptors (Lipinski definition) is 2. The molecule has 0 aliphatic carbocycles. The van der Waals surface area contributed by atoms with E-state index in [0.717, 1.165) is 0 Å². The zero-order chi connectivity index (χ0) is 7.86. The highest BCUT2D eigenvalue weighted by Gasteiger charge is 1.76. The van der Waals surface area contributed by atoms with Gasteiger partial charge in [0.15, 0.2) is 0 Å². The quantitative estimate of drug-likeness (QED) is 0.567. The number of nitrogens with zero attached hydrogens (tertiary/aromatic N) is 1. The van der Waals surface area contributed by atoms with E-state index in [2.05, 4.69) is 19.2 Å². The fraction of sp³-hybridized carbons (Fsp3) is 1.00. The summed E-state index contributed by atoms with van der Waals surface area (Å²) in [5.74, 6) is 0. The van der Waals surface area contributed by atoms with Crippen LogP contribution < -0.4 is 5.32 Å². The Labute approximate surface area is 59.2 Å². The Morgan fingerprint density at radius 1 is 1.11 bits per heavy atom. The van der Waals surface area contributed by atoms with Crippen LogP contribution in [0, 0.1) is 0 Å². The first kappa shape index (κ1) is 11.7. The van der Waals surface area contributed by atoms with Gasteiger partial charge in [0.2, 0.25) is 0 Å². The molecular formula is C7H20N2. The van der Waals surface area contributed by atoms with E-state index >= 15 is 0 Å². The summed E-state index contributed by atoms with van der Waals surface area (Å²) in [6.45, 7) is 4.22. The van der Waals surface area contributed by atoms with Gasteiger partial charge < -0.3 is 10.2 Å². The first-order valence-electron chi connectivity index (χ1n) is 3.29. The van der Waals surface area contributed by atoms with Gasteiger partial charge in [0.05, 0.1) is 0 Å². The zero-order valence-corrected chi connectivity index (χ0v) is 7.52. The van der Waals surface area contributed by atoms with Crippen LogP contribution in [-0.4, -0.2) is 39.1 Å². The van der Waals surface area contributed by atoms with Gasteiger partial charge in [0.1, 0.15) is 0 Å². The van der Waals surface area contributed by atoms with Crippen LogP contribution in [0.5, 0.6) is 0 Å². The highest BCUT2D eigenvalue weighted by atomic mass is 15.0. The number of hydrogen-bond donors (Lipinski definition) is 1. The summed E-state index contributed by atoms with van der Waals surface area (Å²) in [7, 11) is 7.95. The Bertz CT molecular complexity index is 39.4. The van der Waals surface area contributed by atoms with Crippen molar-refractivity contribution in [2.45, 2.75) is 19.9 Å². The molecule has 58 valence electrons. The second-order valence-electron chi connectivity index (χ2n) is 2.79. The largest absolute Gasteiger partial charge is 0.318 e. The van der Waals surface area contributed by atoms with Crippen molar-refractivity contribution in [3.63, 3.8) is 0 Å². The predicted molar refractivity (Wildman–Crippen MR) is 43.8 cm³/mol. The summed E-state index contributed by atoms with van der Waals surface area (Å²) in [5, 5.41) is 3.03. The molecular weight excluding hydrogens is 112 g/mol. The van der Waals surface area contributed by atoms with Crippen LogP contribution in [0.25, 0.3) is 0 Å². The highest BCUT2D eigenvalue weighted by Crippen LogP contribution is 1.66. The summed E-state index contributed by atoms with van der Waals surface area (Å²) in [4.78, 5) is 2.00. The van der Waals surface area contributed by atoms with Crippen LogP contribution in [0.4, 0.5) is 0 Å². The molecule has 0 aliphatic heterocycles. The van der Waals surface area contributed by atoms with Gasteiger partial charge in [-0.05, 0) is 28.2 Å². The van der Waals surface area contributed by atoms with Gasteiger partial charge in [-0.1, -0.05) is 13.8 Å². The summed E-state index contributed by atoms with van der Waals surface area (Å²) < 4.78 is 0. The Hall–Kier alpha value is -0.0800. The second-order valence-corrected chi connectivity index (χ2v) is 2.79. The molecule has 0 rings (SSSR count). The molecule has 0 aromatic carbocycles. The van der Waals surface area contributed by atoms with Crippen molar-refractivity contribution in [3.8, 4) is 0 Å². The van der Waals surface area contributed by atoms with Gasteiger partial charge in [-0.3, -0.25) is 0 Å². The predicted octanol–water partition coefficient (Wildman–Crippen LogP) is 0.792. The Balaban J connectivity index is 0. The second kappa shape index (κ2) is 7.92. The van der Waals surface area contributed by atoms with E-state index in [4.69, 9.17) is 0 Å². The van der Waals surface area contributed by atoms with Crippen molar-refractivity contribution in [2.24, 2.45) is 0 Å². The van der Waals surface area contributed by atoms with E-state index in [-0.39, 0.29) is 0 Å². The van der Waals surface area contributed by atoms with Crippen molar-refractivity contribution >= 4 is 0 Å². The highest BCUT2D eigenvalue weighted by molar-refractivity contribution is 4.40. The smallest absolute Gasteiger partial charge is 0.000733 e. The molecule has 0 aromatic rings. The van der Waals surface area contributed by atoms with Gasteiger partial charge >= 0.3 is 0 Å². The molecule has 0 amide bonds. The summed E-state index contributed by atoms with van der Waals surface area (Å²) in [6, 6.07) is 0.634. The topological polar surface area (TPSA) is 15.3 Å². The van der Waals surface area contributed by atoms with E-state index in [1.165, 1.54) is 0 Å². The fourth-order valence-electron chi connectivity index (χ4n) is 0. The molecule has 0 aromatic heterocycles. The fourth-order valence-corrected chi connectivity index (χ4v) is 0. The Morgan fingerprint density at radius 3 is 1.22 bits per heavy atom. The Kier molecular flexibility index (Phi) is 10.3. The SMILES string of the molecule is CN(C)C.CNC(C)C. The Morgan fingerprint density at radius 2 is 1.22 bits per heavy atom. The number of nitrogens with one attached hydrogen (secondary N) is 1. The van der Waals surface area contributed by atoms with Crippen molar-refractivity contribution < 1.29 is 0 Å². The van der Waals surface area contributed by atoms with E-state index in [0.29, 0.717) is 6.04 Å². The molecule has 9 heavy (non-hydrogen) atoms. The standard InChI is InChI=1S/C4H11N.C3H9N/c1-4(2)5-3;1-4(2)3/h4-5H,1-3H3;1-3H3. The van der Waals surface area contributed by atoms with Crippen molar-refractivity contribution in [3.05, 3.63) is 0 Å². The van der Waals surface area contributed by atoms with Crippen molar-refractivity contribution in [1.82, 2.24) is 10.2 Å². The molecule has 0 atom stereocenters. The lowest BCUT2D eigenvalue weighted by molar-refractivity contribution is 0.505. The molecule has 0 saturated carbocycles. The minimum atomic E-state index is 0.634. The maximum absolute atomic E-state index is 3.03. The first-order valence-corrected chi connectivity index (χ1v) is 3.29. The lowest BCUT2D eigenvalue weighted by atomic mass is 10.4. The van der Waals surface area contributed by atoms with Gasteiger partial charge in [-0.25, -0.2) is 0 Å². The average Bonchev–Trinajstić information content (AvgIpc) is 1.65. The summed E-state index contributed by atoms with van der Waals surface area (Å²) in [5.41, 5.74) is 0. The number of rotatable bonds is 1. The maximum Gasteiger partial charge on any atom is 0.000733 e. The monoisotopic (exact) mass is 132 g/mol. The van der Waals surface area contributed by atoms with E-state index in [1.54, 1.807) is 0 Å². The molecule has 2 heteroatoms. The zero-order valence-electron chi connectivity index (χ0n) is 7.52. The minimum Gasteiger partial charge on any atom is -0.318 e. The van der Waals surface area contributed by atoms with Crippen LogP contribution in [-0.2, 0) is 0 Å². The average molecular weight is 132 g/mol. The minimum absolute atomic E-state index is 0.634. The molecule has 2 nitrogen and oxygen atoms in total. The van der Waals surface area contributed by atoms with Gasteiger partial charge in [0, 0.05) is 6.04 Å². The molecule has 0 heterocycles. The van der Waals surface area contributed by atoms with Crippen LogP contribution in [0.3, 0.4) is 0 Å². The van der Waals surface area contributed by atoms with Crippen LogP contribution in [0.15, 0.2) is 0 Å². The third-order valence-electron chi connectivity index (χ3n) is 0.577. The molecule has 0 radical (unpaired) electrons. The van der Waals surface area contributed by atoms with Crippen molar-refractivity contribution in [1.29, 1.82) is 0 Å². The molecule has 0 bridgehead atoms. The van der Waals surface area contributed by atoms with E-state index < -0.39 is 0 Å².